The number of aryl methyl sites for hydroxylation is 2. The largest absolute Gasteiger partial charge is 0.385 e. The Morgan fingerprint density at radius 3 is 3.16 bits per heavy atom. The fourth-order valence-electron chi connectivity index (χ4n) is 2.25. The lowest BCUT2D eigenvalue weighted by molar-refractivity contribution is 0.0987. The van der Waals surface area contributed by atoms with Crippen LogP contribution in [0.3, 0.4) is 0 Å². The van der Waals surface area contributed by atoms with Crippen molar-refractivity contribution in [2.75, 3.05) is 17.2 Å². The summed E-state index contributed by atoms with van der Waals surface area (Å²) in [6, 6.07) is 5.89. The highest BCUT2D eigenvalue weighted by Gasteiger charge is 2.15. The monoisotopic (exact) mass is 257 g/mol. The Balaban J connectivity index is 1.80. The summed E-state index contributed by atoms with van der Waals surface area (Å²) < 4.78 is 4.94. The predicted molar refractivity (Wildman–Crippen MR) is 72.4 cm³/mol. The lowest BCUT2D eigenvalue weighted by Crippen LogP contribution is -2.14. The minimum Gasteiger partial charge on any atom is -0.385 e. The van der Waals surface area contributed by atoms with Gasteiger partial charge in [-0.25, -0.2) is 0 Å². The Hall–Kier alpha value is -2.30. The molecule has 0 radical (unpaired) electrons. The third-order valence-electron chi connectivity index (χ3n) is 3.26. The maximum Gasteiger partial charge on any atom is 0.294 e. The van der Waals surface area contributed by atoms with Crippen LogP contribution in [-0.2, 0) is 6.42 Å². The zero-order chi connectivity index (χ0) is 13.2. The Morgan fingerprint density at radius 2 is 2.37 bits per heavy atom. The quantitative estimate of drug-likeness (QED) is 0.867. The van der Waals surface area contributed by atoms with Gasteiger partial charge in [0.15, 0.2) is 0 Å². The van der Waals surface area contributed by atoms with Crippen LogP contribution in [0.25, 0.3) is 0 Å². The summed E-state index contributed by atoms with van der Waals surface area (Å²) in [6.07, 6.45) is 3.69. The fourth-order valence-corrected chi connectivity index (χ4v) is 2.25. The minimum absolute atomic E-state index is 0.260. The number of nitrogens with zero attached hydrogens (tertiary/aromatic N) is 1. The maximum atomic E-state index is 12.0. The van der Waals surface area contributed by atoms with E-state index in [1.54, 1.807) is 6.92 Å². The predicted octanol–water partition coefficient (Wildman–Crippen LogP) is 2.59. The molecule has 3 rings (SSSR count). The molecule has 5 heteroatoms. The molecule has 2 heterocycles. The summed E-state index contributed by atoms with van der Waals surface area (Å²) in [5.74, 6) is -0.00503. The van der Waals surface area contributed by atoms with E-state index in [0.29, 0.717) is 0 Å². The first kappa shape index (κ1) is 11.8. The number of fused-ring (bicyclic) bond motifs is 1. The molecular weight excluding hydrogens is 242 g/mol. The molecule has 2 N–H and O–H groups in total. The lowest BCUT2D eigenvalue weighted by Gasteiger charge is -2.18. The van der Waals surface area contributed by atoms with Gasteiger partial charge in [-0.05, 0) is 43.5 Å². The maximum absolute atomic E-state index is 12.0. The highest BCUT2D eigenvalue weighted by Crippen LogP contribution is 2.25. The van der Waals surface area contributed by atoms with Crippen LogP contribution in [0.1, 0.15) is 28.1 Å². The van der Waals surface area contributed by atoms with Crippen LogP contribution in [-0.4, -0.2) is 17.6 Å². The molecule has 5 nitrogen and oxygen atoms in total. The fraction of sp³-hybridized carbons (Fsp3) is 0.286. The number of carbonyl (C=O) groups is 1. The van der Waals surface area contributed by atoms with Crippen molar-refractivity contribution >= 4 is 17.3 Å². The van der Waals surface area contributed by atoms with Gasteiger partial charge in [-0.1, -0.05) is 5.16 Å². The van der Waals surface area contributed by atoms with E-state index in [1.807, 2.05) is 18.2 Å². The van der Waals surface area contributed by atoms with E-state index in [1.165, 1.54) is 11.8 Å². The summed E-state index contributed by atoms with van der Waals surface area (Å²) in [4.78, 5) is 12.0. The van der Waals surface area contributed by atoms with E-state index < -0.39 is 0 Å². The molecule has 0 unspecified atom stereocenters. The van der Waals surface area contributed by atoms with Crippen molar-refractivity contribution in [2.45, 2.75) is 19.8 Å². The SMILES string of the molecule is Cc1cnoc1C(=O)Nc1ccc2c(c1)CCCN2. The standard InChI is InChI=1S/C14H15N3O2/c1-9-8-16-19-13(9)14(18)17-11-4-5-12-10(7-11)3-2-6-15-12/h4-5,7-8,15H,2-3,6H2,1H3,(H,17,18). The first-order valence-corrected chi connectivity index (χ1v) is 6.33. The summed E-state index contributed by atoms with van der Waals surface area (Å²) >= 11 is 0. The molecule has 1 aliphatic heterocycles. The number of benzene rings is 1. The molecule has 0 fully saturated rings. The van der Waals surface area contributed by atoms with Crippen molar-refractivity contribution in [3.05, 3.63) is 41.3 Å². The second kappa shape index (κ2) is 4.76. The molecular formula is C14H15N3O2. The Labute approximate surface area is 111 Å². The van der Waals surface area contributed by atoms with Crippen LogP contribution in [0.2, 0.25) is 0 Å². The van der Waals surface area contributed by atoms with Gasteiger partial charge in [-0.2, -0.15) is 0 Å². The number of carbonyl (C=O) groups excluding carboxylic acids is 1. The van der Waals surface area contributed by atoms with Crippen LogP contribution in [0.4, 0.5) is 11.4 Å². The number of nitrogens with one attached hydrogen (secondary N) is 2. The summed E-state index contributed by atoms with van der Waals surface area (Å²) in [6.45, 7) is 2.80. The van der Waals surface area contributed by atoms with Crippen LogP contribution in [0.5, 0.6) is 0 Å². The Bertz CT molecular complexity index is 619. The van der Waals surface area contributed by atoms with Crippen molar-refractivity contribution < 1.29 is 9.32 Å². The third kappa shape index (κ3) is 2.31. The van der Waals surface area contributed by atoms with E-state index in [-0.39, 0.29) is 11.7 Å². The van der Waals surface area contributed by atoms with E-state index in [2.05, 4.69) is 15.8 Å². The second-order valence-corrected chi connectivity index (χ2v) is 4.69. The average molecular weight is 257 g/mol. The van der Waals surface area contributed by atoms with Crippen molar-refractivity contribution in [1.29, 1.82) is 0 Å². The summed E-state index contributed by atoms with van der Waals surface area (Å²) in [5, 5.41) is 9.78. The van der Waals surface area contributed by atoms with E-state index in [4.69, 9.17) is 4.52 Å². The van der Waals surface area contributed by atoms with Gasteiger partial charge in [0.2, 0.25) is 5.76 Å². The number of anilines is 2. The molecule has 98 valence electrons. The van der Waals surface area contributed by atoms with Gasteiger partial charge in [-0.3, -0.25) is 4.79 Å². The molecule has 0 aliphatic carbocycles. The highest BCUT2D eigenvalue weighted by molar-refractivity contribution is 6.03. The Morgan fingerprint density at radius 1 is 1.47 bits per heavy atom. The minimum atomic E-state index is -0.265. The first-order valence-electron chi connectivity index (χ1n) is 6.33. The van der Waals surface area contributed by atoms with Crippen molar-refractivity contribution in [1.82, 2.24) is 5.16 Å². The molecule has 19 heavy (non-hydrogen) atoms. The number of aromatic nitrogens is 1. The van der Waals surface area contributed by atoms with Gasteiger partial charge in [0.05, 0.1) is 6.20 Å². The number of hydrogen-bond acceptors (Lipinski definition) is 4. The normalized spacial score (nSPS) is 13.5. The Kier molecular flexibility index (Phi) is 2.95. The van der Waals surface area contributed by atoms with Crippen LogP contribution >= 0.6 is 0 Å². The number of hydrogen-bond donors (Lipinski definition) is 2. The van der Waals surface area contributed by atoms with E-state index >= 15 is 0 Å². The molecule has 1 amide bonds. The van der Waals surface area contributed by atoms with Gasteiger partial charge < -0.3 is 15.2 Å². The number of rotatable bonds is 2. The second-order valence-electron chi connectivity index (χ2n) is 4.69. The zero-order valence-corrected chi connectivity index (χ0v) is 10.7. The summed E-state index contributed by atoms with van der Waals surface area (Å²) in [5.41, 5.74) is 3.90. The van der Waals surface area contributed by atoms with Crippen molar-refractivity contribution in [2.24, 2.45) is 0 Å². The van der Waals surface area contributed by atoms with Gasteiger partial charge in [-0.15, -0.1) is 0 Å². The molecule has 0 spiro atoms. The van der Waals surface area contributed by atoms with Gasteiger partial charge in [0, 0.05) is 23.5 Å². The topological polar surface area (TPSA) is 67.2 Å². The number of amides is 1. The van der Waals surface area contributed by atoms with Crippen molar-refractivity contribution in [3.63, 3.8) is 0 Å². The molecule has 1 aromatic carbocycles. The molecule has 0 bridgehead atoms. The highest BCUT2D eigenvalue weighted by atomic mass is 16.5. The third-order valence-corrected chi connectivity index (χ3v) is 3.26. The lowest BCUT2D eigenvalue weighted by atomic mass is 10.0. The molecule has 0 saturated heterocycles. The van der Waals surface area contributed by atoms with E-state index in [0.717, 1.165) is 36.3 Å². The van der Waals surface area contributed by atoms with Gasteiger partial charge in [0.1, 0.15) is 0 Å². The average Bonchev–Trinajstić information content (AvgIpc) is 2.85. The van der Waals surface area contributed by atoms with Gasteiger partial charge >= 0.3 is 0 Å². The van der Waals surface area contributed by atoms with Gasteiger partial charge in [0.25, 0.3) is 5.91 Å². The van der Waals surface area contributed by atoms with Crippen LogP contribution in [0, 0.1) is 6.92 Å². The van der Waals surface area contributed by atoms with E-state index in [9.17, 15) is 4.79 Å². The molecule has 0 saturated carbocycles. The van der Waals surface area contributed by atoms with Crippen LogP contribution in [0.15, 0.2) is 28.9 Å². The first-order chi connectivity index (χ1) is 9.24. The molecule has 1 aromatic heterocycles. The van der Waals surface area contributed by atoms with Crippen LogP contribution < -0.4 is 10.6 Å². The molecule has 1 aliphatic rings. The smallest absolute Gasteiger partial charge is 0.294 e. The zero-order valence-electron chi connectivity index (χ0n) is 10.7. The molecule has 0 atom stereocenters. The summed E-state index contributed by atoms with van der Waals surface area (Å²) in [7, 11) is 0. The molecule has 2 aromatic rings. The van der Waals surface area contributed by atoms with Crippen molar-refractivity contribution in [3.8, 4) is 0 Å².